The second-order valence-corrected chi connectivity index (χ2v) is 5.46. The maximum atomic E-state index is 11.9. The van der Waals surface area contributed by atoms with E-state index < -0.39 is 0 Å². The Morgan fingerprint density at radius 1 is 1.18 bits per heavy atom. The minimum atomic E-state index is -0.126. The molecule has 0 aliphatic carbocycles. The van der Waals surface area contributed by atoms with Crippen molar-refractivity contribution in [2.45, 2.75) is 26.3 Å². The predicted molar refractivity (Wildman–Crippen MR) is 86.1 cm³/mol. The number of ether oxygens (including phenoxy) is 1. The Bertz CT molecular complexity index is 488. The van der Waals surface area contributed by atoms with E-state index in [1.165, 1.54) is 0 Å². The molecule has 3 N–H and O–H groups in total. The van der Waals surface area contributed by atoms with Crippen LogP contribution in [0.3, 0.4) is 0 Å². The average Bonchev–Trinajstić information content (AvgIpc) is 2.47. The Morgan fingerprint density at radius 3 is 2.32 bits per heavy atom. The molecule has 0 saturated carbocycles. The summed E-state index contributed by atoms with van der Waals surface area (Å²) in [4.78, 5) is 24.5. The van der Waals surface area contributed by atoms with Crippen LogP contribution in [0.25, 0.3) is 0 Å². The molecule has 1 aromatic rings. The highest BCUT2D eigenvalue weighted by molar-refractivity contribution is 5.91. The Labute approximate surface area is 131 Å². The SMILES string of the molecule is CC[C@H](C)NC(=O)C[NH+](C)CC(=O)Nc1ccc(OC)cc1. The molecule has 0 saturated heterocycles. The number of hydrogen-bond donors (Lipinski definition) is 3. The van der Waals surface area contributed by atoms with Crippen molar-refractivity contribution in [2.75, 3.05) is 32.6 Å². The van der Waals surface area contributed by atoms with Crippen LogP contribution in [0.15, 0.2) is 24.3 Å². The van der Waals surface area contributed by atoms with Crippen molar-refractivity contribution in [3.8, 4) is 5.75 Å². The summed E-state index contributed by atoms with van der Waals surface area (Å²) in [5.74, 6) is 0.575. The molecule has 1 aromatic carbocycles. The molecule has 0 radical (unpaired) electrons. The molecule has 0 bridgehead atoms. The summed E-state index contributed by atoms with van der Waals surface area (Å²) < 4.78 is 5.06. The van der Waals surface area contributed by atoms with Gasteiger partial charge in [-0.1, -0.05) is 6.92 Å². The maximum absolute atomic E-state index is 11.9. The number of hydrogen-bond acceptors (Lipinski definition) is 3. The number of rotatable bonds is 8. The maximum Gasteiger partial charge on any atom is 0.279 e. The standard InChI is InChI=1S/C16H25N3O3/c1-5-12(2)17-15(20)10-19(3)11-16(21)18-13-6-8-14(22-4)9-7-13/h6-9,12H,5,10-11H2,1-4H3,(H,17,20)(H,18,21)/p+1/t12-/m0/s1. The number of quaternary nitrogens is 1. The Balaban J connectivity index is 2.38. The van der Waals surface area contributed by atoms with Crippen molar-refractivity contribution in [3.05, 3.63) is 24.3 Å². The minimum absolute atomic E-state index is 0.0379. The number of nitrogens with one attached hydrogen (secondary N) is 3. The van der Waals surface area contributed by atoms with E-state index in [1.54, 1.807) is 31.4 Å². The van der Waals surface area contributed by atoms with Crippen LogP contribution in [0.1, 0.15) is 20.3 Å². The van der Waals surface area contributed by atoms with E-state index >= 15 is 0 Å². The van der Waals surface area contributed by atoms with Crippen molar-refractivity contribution in [2.24, 2.45) is 0 Å². The van der Waals surface area contributed by atoms with E-state index in [2.05, 4.69) is 10.6 Å². The fourth-order valence-electron chi connectivity index (χ4n) is 1.92. The molecule has 2 atom stereocenters. The van der Waals surface area contributed by atoms with Crippen LogP contribution in [-0.2, 0) is 9.59 Å². The molecule has 0 spiro atoms. The molecule has 1 rings (SSSR count). The second kappa shape index (κ2) is 9.04. The zero-order valence-corrected chi connectivity index (χ0v) is 13.7. The van der Waals surface area contributed by atoms with Crippen LogP contribution in [0.5, 0.6) is 5.75 Å². The molecular formula is C16H26N3O3+. The number of methoxy groups -OCH3 is 1. The fraction of sp³-hybridized carbons (Fsp3) is 0.500. The van der Waals surface area contributed by atoms with Gasteiger partial charge in [0.25, 0.3) is 11.8 Å². The van der Waals surface area contributed by atoms with Gasteiger partial charge in [0.2, 0.25) is 0 Å². The van der Waals surface area contributed by atoms with Gasteiger partial charge in [0.15, 0.2) is 13.1 Å². The van der Waals surface area contributed by atoms with E-state index in [9.17, 15) is 9.59 Å². The third-order valence-electron chi connectivity index (χ3n) is 3.32. The zero-order chi connectivity index (χ0) is 16.5. The first-order valence-electron chi connectivity index (χ1n) is 7.49. The number of benzene rings is 1. The molecule has 22 heavy (non-hydrogen) atoms. The number of carbonyl (C=O) groups is 2. The number of carbonyl (C=O) groups excluding carboxylic acids is 2. The second-order valence-electron chi connectivity index (χ2n) is 5.46. The topological polar surface area (TPSA) is 71.9 Å². The molecule has 1 unspecified atom stereocenters. The smallest absolute Gasteiger partial charge is 0.279 e. The first kappa shape index (κ1) is 18.0. The Hall–Kier alpha value is -2.08. The van der Waals surface area contributed by atoms with Gasteiger partial charge < -0.3 is 20.3 Å². The summed E-state index contributed by atoms with van der Waals surface area (Å²) in [5.41, 5.74) is 0.711. The number of likely N-dealkylation sites (N-methyl/N-ethyl adjacent to an activating group) is 1. The lowest BCUT2D eigenvalue weighted by molar-refractivity contribution is -0.862. The molecular weight excluding hydrogens is 282 g/mol. The van der Waals surface area contributed by atoms with Crippen molar-refractivity contribution >= 4 is 17.5 Å². The van der Waals surface area contributed by atoms with E-state index in [1.807, 2.05) is 20.9 Å². The summed E-state index contributed by atoms with van der Waals surface area (Å²) in [6.45, 7) is 4.49. The quantitative estimate of drug-likeness (QED) is 0.636. The molecule has 0 heterocycles. The van der Waals surface area contributed by atoms with Crippen LogP contribution in [0.2, 0.25) is 0 Å². The predicted octanol–water partition coefficient (Wildman–Crippen LogP) is 0.0631. The van der Waals surface area contributed by atoms with Gasteiger partial charge >= 0.3 is 0 Å². The van der Waals surface area contributed by atoms with Gasteiger partial charge in [0.1, 0.15) is 5.75 Å². The average molecular weight is 308 g/mol. The van der Waals surface area contributed by atoms with Gasteiger partial charge in [-0.3, -0.25) is 9.59 Å². The van der Waals surface area contributed by atoms with Crippen molar-refractivity contribution in [1.82, 2.24) is 5.32 Å². The lowest BCUT2D eigenvalue weighted by atomic mass is 10.2. The van der Waals surface area contributed by atoms with Crippen LogP contribution in [-0.4, -0.2) is 45.1 Å². The number of amides is 2. The summed E-state index contributed by atoms with van der Waals surface area (Å²) >= 11 is 0. The van der Waals surface area contributed by atoms with Gasteiger partial charge in [0, 0.05) is 11.7 Å². The largest absolute Gasteiger partial charge is 0.497 e. The Kier molecular flexibility index (Phi) is 7.39. The monoisotopic (exact) mass is 308 g/mol. The van der Waals surface area contributed by atoms with Crippen LogP contribution in [0.4, 0.5) is 5.69 Å². The van der Waals surface area contributed by atoms with Gasteiger partial charge in [-0.2, -0.15) is 0 Å². The van der Waals surface area contributed by atoms with Crippen molar-refractivity contribution in [1.29, 1.82) is 0 Å². The van der Waals surface area contributed by atoms with Gasteiger partial charge in [-0.05, 0) is 37.6 Å². The van der Waals surface area contributed by atoms with Crippen molar-refractivity contribution < 1.29 is 19.2 Å². The summed E-state index contributed by atoms with van der Waals surface area (Å²) in [5, 5.41) is 5.69. The van der Waals surface area contributed by atoms with Crippen LogP contribution in [0, 0.1) is 0 Å². The first-order valence-corrected chi connectivity index (χ1v) is 7.49. The summed E-state index contributed by atoms with van der Waals surface area (Å²) in [7, 11) is 3.42. The Morgan fingerprint density at radius 2 is 1.77 bits per heavy atom. The van der Waals surface area contributed by atoms with Gasteiger partial charge in [0.05, 0.1) is 14.2 Å². The minimum Gasteiger partial charge on any atom is -0.497 e. The molecule has 0 fully saturated rings. The first-order chi connectivity index (χ1) is 10.4. The summed E-state index contributed by atoms with van der Waals surface area (Å²) in [6, 6.07) is 7.29. The molecule has 2 amide bonds. The number of anilines is 1. The van der Waals surface area contributed by atoms with Gasteiger partial charge in [-0.15, -0.1) is 0 Å². The van der Waals surface area contributed by atoms with E-state index in [-0.39, 0.29) is 30.9 Å². The molecule has 0 aliphatic heterocycles. The lowest BCUT2D eigenvalue weighted by Gasteiger charge is -2.16. The van der Waals surface area contributed by atoms with Crippen LogP contribution >= 0.6 is 0 Å². The van der Waals surface area contributed by atoms with E-state index in [0.717, 1.165) is 17.1 Å². The highest BCUT2D eigenvalue weighted by atomic mass is 16.5. The van der Waals surface area contributed by atoms with E-state index in [0.29, 0.717) is 5.69 Å². The van der Waals surface area contributed by atoms with Crippen LogP contribution < -0.4 is 20.3 Å². The fourth-order valence-corrected chi connectivity index (χ4v) is 1.92. The third-order valence-corrected chi connectivity index (χ3v) is 3.32. The molecule has 0 aliphatic rings. The zero-order valence-electron chi connectivity index (χ0n) is 13.7. The summed E-state index contributed by atoms with van der Waals surface area (Å²) in [6.07, 6.45) is 0.892. The molecule has 0 aromatic heterocycles. The molecule has 122 valence electrons. The van der Waals surface area contributed by atoms with E-state index in [4.69, 9.17) is 4.74 Å². The normalized spacial score (nSPS) is 13.1. The highest BCUT2D eigenvalue weighted by Gasteiger charge is 2.15. The highest BCUT2D eigenvalue weighted by Crippen LogP contribution is 2.14. The third kappa shape index (κ3) is 6.58. The molecule has 6 nitrogen and oxygen atoms in total. The lowest BCUT2D eigenvalue weighted by Crippen LogP contribution is -3.11. The van der Waals surface area contributed by atoms with Gasteiger partial charge in [-0.25, -0.2) is 0 Å². The van der Waals surface area contributed by atoms with Crippen molar-refractivity contribution in [3.63, 3.8) is 0 Å². The molecule has 6 heteroatoms.